The summed E-state index contributed by atoms with van der Waals surface area (Å²) >= 11 is 0. The second-order valence-corrected chi connectivity index (χ2v) is 5.92. The monoisotopic (exact) mass is 264 g/mol. The molecule has 0 radical (unpaired) electrons. The van der Waals surface area contributed by atoms with Gasteiger partial charge < -0.3 is 9.84 Å². The van der Waals surface area contributed by atoms with Crippen LogP contribution < -0.4 is 4.74 Å². The smallest absolute Gasteiger partial charge is 0.126 e. The standard InChI is InChI=1S/C16H21FO2/c1-2-11-5-3-4-8-16(11)10-14(18)13-9-12(17)6-7-15(13)19-16/h6-7,9,11,14,18H,2-5,8,10H2,1H3/t11?,14-,16?/m0/s1. The van der Waals surface area contributed by atoms with Gasteiger partial charge in [-0.2, -0.15) is 0 Å². The van der Waals surface area contributed by atoms with Crippen LogP contribution in [0.2, 0.25) is 0 Å². The third-order valence-electron chi connectivity index (χ3n) is 4.82. The zero-order valence-electron chi connectivity index (χ0n) is 11.4. The molecule has 1 aromatic rings. The van der Waals surface area contributed by atoms with Crippen LogP contribution in [0.25, 0.3) is 0 Å². The molecular weight excluding hydrogens is 243 g/mol. The maximum absolute atomic E-state index is 13.3. The molecule has 0 bridgehead atoms. The molecule has 1 heterocycles. The summed E-state index contributed by atoms with van der Waals surface area (Å²) in [6, 6.07) is 4.47. The van der Waals surface area contributed by atoms with Gasteiger partial charge in [-0.1, -0.05) is 13.3 Å². The molecule has 19 heavy (non-hydrogen) atoms. The minimum absolute atomic E-state index is 0.239. The maximum Gasteiger partial charge on any atom is 0.126 e. The van der Waals surface area contributed by atoms with Crippen molar-refractivity contribution in [1.82, 2.24) is 0 Å². The number of rotatable bonds is 1. The highest BCUT2D eigenvalue weighted by Gasteiger charge is 2.46. The third-order valence-corrected chi connectivity index (χ3v) is 4.82. The SMILES string of the molecule is CCC1CCCCC12C[C@H](O)c1cc(F)ccc1O2. The summed E-state index contributed by atoms with van der Waals surface area (Å²) in [5.41, 5.74) is 0.364. The lowest BCUT2D eigenvalue weighted by molar-refractivity contribution is -0.0783. The second kappa shape index (κ2) is 4.78. The molecule has 3 atom stereocenters. The van der Waals surface area contributed by atoms with E-state index in [1.165, 1.54) is 25.0 Å². The molecule has 1 N–H and O–H groups in total. The number of hydrogen-bond donors (Lipinski definition) is 1. The van der Waals surface area contributed by atoms with Crippen LogP contribution in [0.3, 0.4) is 0 Å². The van der Waals surface area contributed by atoms with Crippen LogP contribution in [0.5, 0.6) is 5.75 Å². The van der Waals surface area contributed by atoms with Crippen LogP contribution in [-0.4, -0.2) is 10.7 Å². The molecule has 0 aromatic heterocycles. The van der Waals surface area contributed by atoms with E-state index in [2.05, 4.69) is 6.92 Å². The number of fused-ring (bicyclic) bond motifs is 1. The fraction of sp³-hybridized carbons (Fsp3) is 0.625. The normalized spacial score (nSPS) is 33.8. The Balaban J connectivity index is 1.97. The molecule has 1 spiro atoms. The zero-order valence-corrected chi connectivity index (χ0v) is 11.4. The summed E-state index contributed by atoms with van der Waals surface area (Å²) in [6.45, 7) is 2.19. The number of aliphatic hydroxyl groups is 1. The van der Waals surface area contributed by atoms with Crippen LogP contribution >= 0.6 is 0 Å². The lowest BCUT2D eigenvalue weighted by Crippen LogP contribution is -2.49. The van der Waals surface area contributed by atoms with E-state index in [9.17, 15) is 9.50 Å². The van der Waals surface area contributed by atoms with E-state index in [0.717, 1.165) is 19.3 Å². The van der Waals surface area contributed by atoms with E-state index in [1.54, 1.807) is 6.07 Å². The van der Waals surface area contributed by atoms with Crippen molar-refractivity contribution in [3.8, 4) is 5.75 Å². The Morgan fingerprint density at radius 1 is 1.42 bits per heavy atom. The first-order valence-electron chi connectivity index (χ1n) is 7.31. The molecule has 1 fully saturated rings. The minimum Gasteiger partial charge on any atom is -0.486 e. The molecule has 3 rings (SSSR count). The number of benzene rings is 1. The molecule has 2 nitrogen and oxygen atoms in total. The Kier molecular flexibility index (Phi) is 3.25. The van der Waals surface area contributed by atoms with Gasteiger partial charge in [0.1, 0.15) is 17.2 Å². The van der Waals surface area contributed by atoms with Gasteiger partial charge in [-0.05, 0) is 49.8 Å². The van der Waals surface area contributed by atoms with Gasteiger partial charge in [-0.25, -0.2) is 4.39 Å². The van der Waals surface area contributed by atoms with Gasteiger partial charge in [0.2, 0.25) is 0 Å². The summed E-state index contributed by atoms with van der Waals surface area (Å²) in [6.07, 6.45) is 5.63. The molecule has 104 valence electrons. The molecule has 0 saturated heterocycles. The van der Waals surface area contributed by atoms with Crippen molar-refractivity contribution in [3.05, 3.63) is 29.6 Å². The Morgan fingerprint density at radius 3 is 3.05 bits per heavy atom. The van der Waals surface area contributed by atoms with Crippen LogP contribution in [0.1, 0.15) is 57.1 Å². The van der Waals surface area contributed by atoms with Crippen LogP contribution in [-0.2, 0) is 0 Å². The predicted molar refractivity (Wildman–Crippen MR) is 71.6 cm³/mol. The Morgan fingerprint density at radius 2 is 2.26 bits per heavy atom. The summed E-state index contributed by atoms with van der Waals surface area (Å²) in [4.78, 5) is 0. The number of hydrogen-bond acceptors (Lipinski definition) is 2. The average Bonchev–Trinajstić information content (AvgIpc) is 2.40. The number of halogens is 1. The van der Waals surface area contributed by atoms with Crippen molar-refractivity contribution in [2.45, 2.75) is 57.2 Å². The highest BCUT2D eigenvalue weighted by Crippen LogP contribution is 2.49. The van der Waals surface area contributed by atoms with Gasteiger partial charge in [0, 0.05) is 12.0 Å². The fourth-order valence-electron chi connectivity index (χ4n) is 3.83. The average molecular weight is 264 g/mol. The molecule has 2 aliphatic rings. The predicted octanol–water partition coefficient (Wildman–Crippen LogP) is 3.98. The first-order chi connectivity index (χ1) is 9.14. The van der Waals surface area contributed by atoms with E-state index in [-0.39, 0.29) is 11.4 Å². The van der Waals surface area contributed by atoms with E-state index >= 15 is 0 Å². The number of aliphatic hydroxyl groups excluding tert-OH is 1. The first kappa shape index (κ1) is 12.9. The molecule has 1 saturated carbocycles. The van der Waals surface area contributed by atoms with Gasteiger partial charge >= 0.3 is 0 Å². The van der Waals surface area contributed by atoms with E-state index < -0.39 is 6.10 Å². The molecule has 0 amide bonds. The Hall–Kier alpha value is -1.09. The van der Waals surface area contributed by atoms with E-state index in [1.807, 2.05) is 0 Å². The second-order valence-electron chi connectivity index (χ2n) is 5.92. The quantitative estimate of drug-likeness (QED) is 0.831. The fourth-order valence-corrected chi connectivity index (χ4v) is 3.83. The van der Waals surface area contributed by atoms with Crippen LogP contribution in [0.15, 0.2) is 18.2 Å². The molecule has 2 unspecified atom stereocenters. The van der Waals surface area contributed by atoms with Gasteiger partial charge in [0.25, 0.3) is 0 Å². The van der Waals surface area contributed by atoms with Crippen LogP contribution in [0, 0.1) is 11.7 Å². The van der Waals surface area contributed by atoms with Gasteiger partial charge in [0.05, 0.1) is 6.10 Å². The number of ether oxygens (including phenoxy) is 1. The molecule has 1 aliphatic heterocycles. The highest BCUT2D eigenvalue weighted by atomic mass is 19.1. The first-order valence-corrected chi connectivity index (χ1v) is 7.31. The molecular formula is C16H21FO2. The van der Waals surface area contributed by atoms with E-state index in [0.29, 0.717) is 23.7 Å². The van der Waals surface area contributed by atoms with Gasteiger partial charge in [-0.3, -0.25) is 0 Å². The topological polar surface area (TPSA) is 29.5 Å². The van der Waals surface area contributed by atoms with E-state index in [4.69, 9.17) is 4.74 Å². The van der Waals surface area contributed by atoms with Crippen molar-refractivity contribution in [2.24, 2.45) is 5.92 Å². The molecule has 1 aliphatic carbocycles. The van der Waals surface area contributed by atoms with Gasteiger partial charge in [0.15, 0.2) is 0 Å². The third kappa shape index (κ3) is 2.14. The minimum atomic E-state index is -0.605. The molecule has 3 heteroatoms. The van der Waals surface area contributed by atoms with Crippen molar-refractivity contribution >= 4 is 0 Å². The maximum atomic E-state index is 13.3. The van der Waals surface area contributed by atoms with Crippen LogP contribution in [0.4, 0.5) is 4.39 Å². The lowest BCUT2D eigenvalue weighted by Gasteiger charge is -2.48. The Bertz CT molecular complexity index is 474. The van der Waals surface area contributed by atoms with Gasteiger partial charge in [-0.15, -0.1) is 0 Å². The summed E-state index contributed by atoms with van der Waals surface area (Å²) in [7, 11) is 0. The highest BCUT2D eigenvalue weighted by molar-refractivity contribution is 5.38. The largest absolute Gasteiger partial charge is 0.486 e. The summed E-state index contributed by atoms with van der Waals surface area (Å²) in [5.74, 6) is 0.850. The lowest BCUT2D eigenvalue weighted by atomic mass is 9.69. The van der Waals surface area contributed by atoms with Crippen molar-refractivity contribution in [1.29, 1.82) is 0 Å². The van der Waals surface area contributed by atoms with Crippen molar-refractivity contribution in [3.63, 3.8) is 0 Å². The summed E-state index contributed by atoms with van der Waals surface area (Å²) in [5, 5.41) is 10.4. The molecule has 1 aromatic carbocycles. The Labute approximate surface area is 113 Å². The van der Waals surface area contributed by atoms with Crippen molar-refractivity contribution in [2.75, 3.05) is 0 Å². The van der Waals surface area contributed by atoms with Crippen molar-refractivity contribution < 1.29 is 14.2 Å². The zero-order chi connectivity index (χ0) is 13.5. The summed E-state index contributed by atoms with van der Waals surface area (Å²) < 4.78 is 19.5.